The van der Waals surface area contributed by atoms with Crippen LogP contribution >= 0.6 is 11.8 Å². The van der Waals surface area contributed by atoms with Crippen LogP contribution in [0.4, 0.5) is 10.5 Å². The van der Waals surface area contributed by atoms with Crippen LogP contribution in [0, 0.1) is 13.8 Å². The third-order valence-electron chi connectivity index (χ3n) is 6.13. The van der Waals surface area contributed by atoms with Crippen molar-refractivity contribution >= 4 is 41.4 Å². The Morgan fingerprint density at radius 3 is 2.23 bits per heavy atom. The van der Waals surface area contributed by atoms with E-state index in [0.717, 1.165) is 16.7 Å². The SMILES string of the molecule is C=Cc1cccc(C(C(=O)Nc2c(C)cccc2C)N(C(=O)C(CCSC)NC(=O)OC(C)(C)C)C(C)C)c1. The molecule has 0 heterocycles. The summed E-state index contributed by atoms with van der Waals surface area (Å²) in [6.45, 7) is 16.8. The third kappa shape index (κ3) is 9.17. The first kappa shape index (κ1) is 32.0. The molecule has 0 saturated carbocycles. The lowest BCUT2D eigenvalue weighted by atomic mass is 9.98. The van der Waals surface area contributed by atoms with Gasteiger partial charge in [-0.3, -0.25) is 9.59 Å². The Hall–Kier alpha value is -3.26. The van der Waals surface area contributed by atoms with E-state index in [0.29, 0.717) is 23.4 Å². The number of rotatable bonds is 11. The van der Waals surface area contributed by atoms with Gasteiger partial charge in [0.15, 0.2) is 0 Å². The van der Waals surface area contributed by atoms with Gasteiger partial charge in [-0.1, -0.05) is 49.1 Å². The first-order chi connectivity index (χ1) is 18.3. The molecular formula is C31H43N3O4S. The molecule has 2 aromatic carbocycles. The zero-order chi connectivity index (χ0) is 29.3. The quantitative estimate of drug-likeness (QED) is 0.331. The van der Waals surface area contributed by atoms with Crippen LogP contribution in [-0.4, -0.2) is 52.5 Å². The lowest BCUT2D eigenvalue weighted by Gasteiger charge is -2.37. The summed E-state index contributed by atoms with van der Waals surface area (Å²) in [5, 5.41) is 5.85. The minimum Gasteiger partial charge on any atom is -0.444 e. The van der Waals surface area contributed by atoms with Crippen molar-refractivity contribution in [2.45, 2.75) is 78.6 Å². The van der Waals surface area contributed by atoms with E-state index in [4.69, 9.17) is 4.74 Å². The number of ether oxygens (including phenoxy) is 1. The Morgan fingerprint density at radius 2 is 1.69 bits per heavy atom. The monoisotopic (exact) mass is 553 g/mol. The minimum atomic E-state index is -0.950. The summed E-state index contributed by atoms with van der Waals surface area (Å²) < 4.78 is 5.45. The number of carbonyl (C=O) groups excluding carboxylic acids is 3. The van der Waals surface area contributed by atoms with Gasteiger partial charge in [-0.05, 0) is 95.2 Å². The molecule has 0 aliphatic rings. The van der Waals surface area contributed by atoms with E-state index in [9.17, 15) is 14.4 Å². The maximum Gasteiger partial charge on any atom is 0.408 e. The number of aryl methyl sites for hydroxylation is 2. The zero-order valence-corrected chi connectivity index (χ0v) is 25.3. The molecule has 0 saturated heterocycles. The second kappa shape index (κ2) is 14.2. The number of carbonyl (C=O) groups is 3. The van der Waals surface area contributed by atoms with Crippen LogP contribution in [0.2, 0.25) is 0 Å². The van der Waals surface area contributed by atoms with Gasteiger partial charge >= 0.3 is 6.09 Å². The number of amides is 3. The smallest absolute Gasteiger partial charge is 0.408 e. The van der Waals surface area contributed by atoms with Crippen molar-refractivity contribution in [1.82, 2.24) is 10.2 Å². The Labute approximate surface area is 237 Å². The number of anilines is 1. The van der Waals surface area contributed by atoms with Crippen molar-refractivity contribution in [3.63, 3.8) is 0 Å². The van der Waals surface area contributed by atoms with Crippen LogP contribution < -0.4 is 10.6 Å². The largest absolute Gasteiger partial charge is 0.444 e. The van der Waals surface area contributed by atoms with Crippen molar-refractivity contribution in [3.05, 3.63) is 71.3 Å². The molecule has 0 aliphatic carbocycles. The molecule has 39 heavy (non-hydrogen) atoms. The van der Waals surface area contributed by atoms with Crippen LogP contribution in [-0.2, 0) is 14.3 Å². The highest BCUT2D eigenvalue weighted by molar-refractivity contribution is 7.98. The molecule has 7 nitrogen and oxygen atoms in total. The van der Waals surface area contributed by atoms with E-state index < -0.39 is 23.8 Å². The Kier molecular flexibility index (Phi) is 11.6. The third-order valence-corrected chi connectivity index (χ3v) is 6.77. The second-order valence-electron chi connectivity index (χ2n) is 10.9. The van der Waals surface area contributed by atoms with E-state index in [1.807, 2.05) is 76.4 Å². The fourth-order valence-electron chi connectivity index (χ4n) is 4.30. The van der Waals surface area contributed by atoms with Gasteiger partial charge in [-0.2, -0.15) is 11.8 Å². The molecule has 0 spiro atoms. The molecule has 0 fully saturated rings. The highest BCUT2D eigenvalue weighted by atomic mass is 32.2. The fourth-order valence-corrected chi connectivity index (χ4v) is 4.77. The molecule has 2 atom stereocenters. The molecule has 2 rings (SSSR count). The zero-order valence-electron chi connectivity index (χ0n) is 24.5. The molecule has 0 aromatic heterocycles. The lowest BCUT2D eigenvalue weighted by Crippen LogP contribution is -2.54. The molecule has 3 amide bonds. The van der Waals surface area contributed by atoms with E-state index in [2.05, 4.69) is 17.2 Å². The van der Waals surface area contributed by atoms with Gasteiger partial charge < -0.3 is 20.3 Å². The predicted molar refractivity (Wildman–Crippen MR) is 162 cm³/mol. The van der Waals surface area contributed by atoms with Gasteiger partial charge in [-0.25, -0.2) is 4.79 Å². The molecule has 2 aromatic rings. The molecule has 2 unspecified atom stereocenters. The standard InChI is InChI=1S/C31H43N3O4S/c1-10-23-15-12-16-24(19-23)27(28(35)33-26-21(4)13-11-14-22(26)5)34(20(2)3)29(36)25(17-18-39-9)32-30(37)38-31(6,7)8/h10-16,19-20,25,27H,1,17-18H2,2-9H3,(H,32,37)(H,33,35). The number of alkyl carbamates (subject to hydrolysis) is 1. The first-order valence-electron chi connectivity index (χ1n) is 13.2. The molecule has 212 valence electrons. The number of nitrogens with one attached hydrogen (secondary N) is 2. The molecule has 0 aliphatic heterocycles. The summed E-state index contributed by atoms with van der Waals surface area (Å²) in [6, 6.07) is 11.1. The van der Waals surface area contributed by atoms with Crippen LogP contribution in [0.15, 0.2) is 49.0 Å². The normalized spacial score (nSPS) is 12.8. The summed E-state index contributed by atoms with van der Waals surface area (Å²) in [5.74, 6) is -0.0456. The topological polar surface area (TPSA) is 87.7 Å². The summed E-state index contributed by atoms with van der Waals surface area (Å²) in [6.07, 6.45) is 3.37. The van der Waals surface area contributed by atoms with Crippen LogP contribution in [0.1, 0.15) is 69.3 Å². The van der Waals surface area contributed by atoms with Gasteiger partial charge in [0, 0.05) is 11.7 Å². The average Bonchev–Trinajstić information content (AvgIpc) is 2.85. The molecular weight excluding hydrogens is 510 g/mol. The number of nitrogens with zero attached hydrogens (tertiary/aromatic N) is 1. The van der Waals surface area contributed by atoms with Gasteiger partial charge in [-0.15, -0.1) is 0 Å². The fraction of sp³-hybridized carbons (Fsp3) is 0.452. The minimum absolute atomic E-state index is 0.337. The van der Waals surface area contributed by atoms with Gasteiger partial charge in [0.25, 0.3) is 5.91 Å². The summed E-state index contributed by atoms with van der Waals surface area (Å²) in [4.78, 5) is 42.5. The van der Waals surface area contributed by atoms with Crippen LogP contribution in [0.3, 0.4) is 0 Å². The van der Waals surface area contributed by atoms with Crippen molar-refractivity contribution < 1.29 is 19.1 Å². The summed E-state index contributed by atoms with van der Waals surface area (Å²) in [5.41, 5.74) is 3.34. The van der Waals surface area contributed by atoms with E-state index in [-0.39, 0.29) is 17.9 Å². The Bertz CT molecular complexity index is 1150. The van der Waals surface area contributed by atoms with Crippen LogP contribution in [0.5, 0.6) is 0 Å². The van der Waals surface area contributed by atoms with Gasteiger partial charge in [0.1, 0.15) is 17.7 Å². The molecule has 8 heteroatoms. The van der Waals surface area contributed by atoms with Crippen molar-refractivity contribution in [1.29, 1.82) is 0 Å². The number of para-hydroxylation sites is 1. The Balaban J connectivity index is 2.58. The van der Waals surface area contributed by atoms with Crippen molar-refractivity contribution in [2.24, 2.45) is 0 Å². The Morgan fingerprint density at radius 1 is 1.08 bits per heavy atom. The maximum absolute atomic E-state index is 14.2. The van der Waals surface area contributed by atoms with Crippen molar-refractivity contribution in [2.75, 3.05) is 17.3 Å². The van der Waals surface area contributed by atoms with E-state index in [1.165, 1.54) is 0 Å². The molecule has 0 radical (unpaired) electrons. The maximum atomic E-state index is 14.2. The highest BCUT2D eigenvalue weighted by Gasteiger charge is 2.38. The van der Waals surface area contributed by atoms with E-state index in [1.54, 1.807) is 43.5 Å². The summed E-state index contributed by atoms with van der Waals surface area (Å²) in [7, 11) is 0. The van der Waals surface area contributed by atoms with Gasteiger partial charge in [0.05, 0.1) is 0 Å². The highest BCUT2D eigenvalue weighted by Crippen LogP contribution is 2.29. The number of hydrogen-bond donors (Lipinski definition) is 2. The van der Waals surface area contributed by atoms with Gasteiger partial charge in [0.2, 0.25) is 5.91 Å². The number of hydrogen-bond acceptors (Lipinski definition) is 5. The predicted octanol–water partition coefficient (Wildman–Crippen LogP) is 6.51. The van der Waals surface area contributed by atoms with Crippen LogP contribution in [0.25, 0.3) is 6.08 Å². The molecule has 0 bridgehead atoms. The average molecular weight is 554 g/mol. The second-order valence-corrected chi connectivity index (χ2v) is 11.8. The number of benzene rings is 2. The first-order valence-corrected chi connectivity index (χ1v) is 14.6. The number of thioether (sulfide) groups is 1. The van der Waals surface area contributed by atoms with Crippen molar-refractivity contribution in [3.8, 4) is 0 Å². The summed E-state index contributed by atoms with van der Waals surface area (Å²) >= 11 is 1.58. The van der Waals surface area contributed by atoms with E-state index >= 15 is 0 Å². The lowest BCUT2D eigenvalue weighted by molar-refractivity contribution is -0.143. The molecule has 2 N–H and O–H groups in total.